The first-order valence-corrected chi connectivity index (χ1v) is 5.03. The molecule has 1 aromatic heterocycles. The van der Waals surface area contributed by atoms with Crippen molar-refractivity contribution in [3.8, 4) is 17.2 Å². The molecule has 0 spiro atoms. The van der Waals surface area contributed by atoms with Crippen molar-refractivity contribution in [3.05, 3.63) is 30.2 Å². The lowest BCUT2D eigenvalue weighted by atomic mass is 10.2. The van der Waals surface area contributed by atoms with E-state index in [0.717, 1.165) is 11.3 Å². The van der Waals surface area contributed by atoms with E-state index in [1.54, 1.807) is 6.92 Å². The van der Waals surface area contributed by atoms with Gasteiger partial charge in [0.15, 0.2) is 0 Å². The molecule has 2 aromatic rings. The van der Waals surface area contributed by atoms with Gasteiger partial charge in [0.25, 0.3) is 0 Å². The normalized spacial score (nSPS) is 10.4. The Morgan fingerprint density at radius 2 is 2.00 bits per heavy atom. The minimum Gasteiger partial charge on any atom is -0.492 e. The van der Waals surface area contributed by atoms with Gasteiger partial charge in [-0.05, 0) is 24.3 Å². The van der Waals surface area contributed by atoms with Crippen molar-refractivity contribution in [1.82, 2.24) is 10.2 Å². The second kappa shape index (κ2) is 4.76. The molecule has 5 heteroatoms. The van der Waals surface area contributed by atoms with Crippen LogP contribution in [0, 0.1) is 6.92 Å². The third-order valence-corrected chi connectivity index (χ3v) is 2.01. The molecule has 1 aromatic carbocycles. The highest BCUT2D eigenvalue weighted by Gasteiger charge is 2.05. The van der Waals surface area contributed by atoms with Crippen molar-refractivity contribution in [2.24, 2.45) is 5.73 Å². The number of rotatable bonds is 4. The summed E-state index contributed by atoms with van der Waals surface area (Å²) < 4.78 is 10.7. The molecule has 16 heavy (non-hydrogen) atoms. The van der Waals surface area contributed by atoms with Crippen LogP contribution in [-0.4, -0.2) is 23.3 Å². The van der Waals surface area contributed by atoms with Crippen LogP contribution in [-0.2, 0) is 0 Å². The van der Waals surface area contributed by atoms with Gasteiger partial charge in [-0.25, -0.2) is 0 Å². The highest BCUT2D eigenvalue weighted by molar-refractivity contribution is 5.53. The van der Waals surface area contributed by atoms with E-state index in [4.69, 9.17) is 14.9 Å². The van der Waals surface area contributed by atoms with E-state index in [1.807, 2.05) is 24.3 Å². The van der Waals surface area contributed by atoms with E-state index in [9.17, 15) is 0 Å². The number of ether oxygens (including phenoxy) is 1. The van der Waals surface area contributed by atoms with Crippen molar-refractivity contribution in [3.63, 3.8) is 0 Å². The van der Waals surface area contributed by atoms with Crippen LogP contribution < -0.4 is 10.5 Å². The van der Waals surface area contributed by atoms with Gasteiger partial charge in [-0.15, -0.1) is 10.2 Å². The molecule has 0 fully saturated rings. The number of nitrogens with two attached hydrogens (primary N) is 1. The maximum atomic E-state index is 5.36. The minimum absolute atomic E-state index is 0.505. The fourth-order valence-corrected chi connectivity index (χ4v) is 1.28. The Bertz CT molecular complexity index is 451. The molecule has 0 aliphatic heterocycles. The van der Waals surface area contributed by atoms with Gasteiger partial charge in [0, 0.05) is 19.0 Å². The third-order valence-electron chi connectivity index (χ3n) is 2.01. The van der Waals surface area contributed by atoms with Crippen LogP contribution in [0.5, 0.6) is 5.75 Å². The molecule has 0 saturated heterocycles. The zero-order chi connectivity index (χ0) is 11.4. The van der Waals surface area contributed by atoms with Gasteiger partial charge in [-0.1, -0.05) is 0 Å². The Balaban J connectivity index is 2.13. The van der Waals surface area contributed by atoms with E-state index >= 15 is 0 Å². The Morgan fingerprint density at radius 3 is 2.56 bits per heavy atom. The van der Waals surface area contributed by atoms with Gasteiger partial charge in [-0.2, -0.15) is 0 Å². The molecule has 0 unspecified atom stereocenters. The maximum absolute atomic E-state index is 5.36. The van der Waals surface area contributed by atoms with Gasteiger partial charge >= 0.3 is 0 Å². The number of nitrogens with zero attached hydrogens (tertiary/aromatic N) is 2. The average molecular weight is 219 g/mol. The molecule has 0 saturated carbocycles. The molecule has 0 aliphatic rings. The Morgan fingerprint density at radius 1 is 1.25 bits per heavy atom. The predicted octanol–water partition coefficient (Wildman–Crippen LogP) is 1.38. The zero-order valence-corrected chi connectivity index (χ0v) is 9.01. The lowest BCUT2D eigenvalue weighted by Crippen LogP contribution is -2.10. The summed E-state index contributed by atoms with van der Waals surface area (Å²) in [7, 11) is 0. The molecule has 84 valence electrons. The van der Waals surface area contributed by atoms with Gasteiger partial charge in [0.1, 0.15) is 12.4 Å². The van der Waals surface area contributed by atoms with Gasteiger partial charge in [-0.3, -0.25) is 0 Å². The largest absolute Gasteiger partial charge is 0.492 e. The summed E-state index contributed by atoms with van der Waals surface area (Å²) in [5, 5.41) is 7.70. The summed E-state index contributed by atoms with van der Waals surface area (Å²) in [6.45, 7) is 2.78. The summed E-state index contributed by atoms with van der Waals surface area (Å²) in [5.41, 5.74) is 6.22. The first kappa shape index (κ1) is 10.6. The van der Waals surface area contributed by atoms with E-state index in [-0.39, 0.29) is 0 Å². The molecular formula is C11H13N3O2. The first-order valence-electron chi connectivity index (χ1n) is 5.03. The van der Waals surface area contributed by atoms with Crippen LogP contribution in [0.4, 0.5) is 0 Å². The molecule has 0 amide bonds. The van der Waals surface area contributed by atoms with Crippen LogP contribution in [0.25, 0.3) is 11.5 Å². The van der Waals surface area contributed by atoms with Crippen LogP contribution in [0.1, 0.15) is 5.89 Å². The molecule has 5 nitrogen and oxygen atoms in total. The summed E-state index contributed by atoms with van der Waals surface area (Å²) in [5.74, 6) is 1.85. The van der Waals surface area contributed by atoms with E-state index < -0.39 is 0 Å². The van der Waals surface area contributed by atoms with Crippen molar-refractivity contribution in [1.29, 1.82) is 0 Å². The van der Waals surface area contributed by atoms with Crippen molar-refractivity contribution in [2.75, 3.05) is 13.2 Å². The lowest BCUT2D eigenvalue weighted by Gasteiger charge is -2.03. The molecule has 0 bridgehead atoms. The van der Waals surface area contributed by atoms with Crippen LogP contribution in [0.15, 0.2) is 28.7 Å². The molecule has 2 N–H and O–H groups in total. The maximum Gasteiger partial charge on any atom is 0.247 e. The number of hydrogen-bond acceptors (Lipinski definition) is 5. The minimum atomic E-state index is 0.505. The fraction of sp³-hybridized carbons (Fsp3) is 0.273. The van der Waals surface area contributed by atoms with Gasteiger partial charge in [0.05, 0.1) is 0 Å². The topological polar surface area (TPSA) is 74.2 Å². The Hall–Kier alpha value is -1.88. The molecule has 0 radical (unpaired) electrons. The Labute approximate surface area is 93.2 Å². The predicted molar refractivity (Wildman–Crippen MR) is 59.0 cm³/mol. The molecule has 0 atom stereocenters. The smallest absolute Gasteiger partial charge is 0.247 e. The third kappa shape index (κ3) is 2.38. The highest BCUT2D eigenvalue weighted by atomic mass is 16.5. The van der Waals surface area contributed by atoms with Crippen molar-refractivity contribution in [2.45, 2.75) is 6.92 Å². The molecule has 2 rings (SSSR count). The van der Waals surface area contributed by atoms with E-state index in [1.165, 1.54) is 0 Å². The first-order chi connectivity index (χ1) is 7.79. The summed E-state index contributed by atoms with van der Waals surface area (Å²) in [4.78, 5) is 0. The highest BCUT2D eigenvalue weighted by Crippen LogP contribution is 2.20. The van der Waals surface area contributed by atoms with Gasteiger partial charge < -0.3 is 14.9 Å². The molecule has 0 aliphatic carbocycles. The molecule has 1 heterocycles. The number of aryl methyl sites for hydroxylation is 1. The number of benzene rings is 1. The van der Waals surface area contributed by atoms with E-state index in [0.29, 0.717) is 24.9 Å². The van der Waals surface area contributed by atoms with Crippen molar-refractivity contribution < 1.29 is 9.15 Å². The van der Waals surface area contributed by atoms with Crippen LogP contribution >= 0.6 is 0 Å². The van der Waals surface area contributed by atoms with Crippen LogP contribution in [0.2, 0.25) is 0 Å². The van der Waals surface area contributed by atoms with Gasteiger partial charge in [0.2, 0.25) is 11.8 Å². The second-order valence-corrected chi connectivity index (χ2v) is 3.29. The number of aromatic nitrogens is 2. The van der Waals surface area contributed by atoms with Crippen molar-refractivity contribution >= 4 is 0 Å². The van der Waals surface area contributed by atoms with E-state index in [2.05, 4.69) is 10.2 Å². The standard InChI is InChI=1S/C11H13N3O2/c1-8-13-14-11(16-8)9-2-4-10(5-3-9)15-7-6-12/h2-5H,6-7,12H2,1H3. The summed E-state index contributed by atoms with van der Waals surface area (Å²) in [6, 6.07) is 7.45. The zero-order valence-electron chi connectivity index (χ0n) is 9.01. The monoisotopic (exact) mass is 219 g/mol. The van der Waals surface area contributed by atoms with Crippen LogP contribution in [0.3, 0.4) is 0 Å². The fourth-order valence-electron chi connectivity index (χ4n) is 1.28. The molecular weight excluding hydrogens is 206 g/mol. The second-order valence-electron chi connectivity index (χ2n) is 3.29. The summed E-state index contributed by atoms with van der Waals surface area (Å²) >= 11 is 0. The SMILES string of the molecule is Cc1nnc(-c2ccc(OCCN)cc2)o1. The summed E-state index contributed by atoms with van der Waals surface area (Å²) in [6.07, 6.45) is 0. The number of hydrogen-bond donors (Lipinski definition) is 1. The average Bonchev–Trinajstić information content (AvgIpc) is 2.74. The quantitative estimate of drug-likeness (QED) is 0.840. The lowest BCUT2D eigenvalue weighted by molar-refractivity contribution is 0.328. The Kier molecular flexibility index (Phi) is 3.16.